The zero-order chi connectivity index (χ0) is 26.8. The van der Waals surface area contributed by atoms with Crippen LogP contribution in [0, 0.1) is 56.2 Å². The van der Waals surface area contributed by atoms with Gasteiger partial charge >= 0.3 is 5.97 Å². The van der Waals surface area contributed by atoms with Crippen LogP contribution < -0.4 is 0 Å². The molecule has 210 valence electrons. The lowest BCUT2D eigenvalue weighted by Gasteiger charge is -2.74. The number of carbonyl (C=O) groups is 1. The standard InChI is InChI=1S/C32H52O5/c1-8-36-26-32-10-9-21-29(5,22(32)17-20(33)24(37-26)19(32)2)14-16-31(7)23-18-28(4,25(34)35)12-11-27(23,3)13-15-30(21,31)6/h19-24,26,33H,8-18H2,1-7H3,(H,34,35)/t19-,20-,21?,22?,23?,24-,26-,27-,28-,29-,30-,31+,32+/m1/s1. The second-order valence-corrected chi connectivity index (χ2v) is 15.9. The van der Waals surface area contributed by atoms with Gasteiger partial charge in [0.05, 0.1) is 17.6 Å². The van der Waals surface area contributed by atoms with Gasteiger partial charge in [-0.2, -0.15) is 0 Å². The molecule has 6 rings (SSSR count). The third-order valence-electron chi connectivity index (χ3n) is 14.8. The van der Waals surface area contributed by atoms with Crippen LogP contribution in [0.1, 0.15) is 113 Å². The highest BCUT2D eigenvalue weighted by atomic mass is 16.7. The maximum Gasteiger partial charge on any atom is 0.309 e. The van der Waals surface area contributed by atoms with Crippen molar-refractivity contribution in [3.05, 3.63) is 0 Å². The summed E-state index contributed by atoms with van der Waals surface area (Å²) < 4.78 is 12.8. The SMILES string of the molecule is CCO[C@@H]1O[C@H]2[C@H](O)CC3[C@]4(C)CC[C@@]5(C)C6C[C@](C)(C(=O)O)CC[C@]6(C)CC[C@]5(C)C4CC[C@]31[C@@H]2C. The van der Waals surface area contributed by atoms with Gasteiger partial charge in [-0.05, 0) is 123 Å². The molecule has 3 unspecified atom stereocenters. The number of rotatable bonds is 3. The minimum Gasteiger partial charge on any atom is -0.481 e. The fourth-order valence-electron chi connectivity index (χ4n) is 12.3. The van der Waals surface area contributed by atoms with Crippen LogP contribution in [0.25, 0.3) is 0 Å². The molecular formula is C32H52O5. The molecule has 1 spiro atoms. The van der Waals surface area contributed by atoms with E-state index < -0.39 is 17.5 Å². The first-order chi connectivity index (χ1) is 17.2. The van der Waals surface area contributed by atoms with Gasteiger partial charge in [-0.15, -0.1) is 0 Å². The van der Waals surface area contributed by atoms with Crippen molar-refractivity contribution in [3.8, 4) is 0 Å². The Bertz CT molecular complexity index is 967. The molecule has 6 fully saturated rings. The number of aliphatic carboxylic acids is 1. The van der Waals surface area contributed by atoms with E-state index >= 15 is 0 Å². The lowest BCUT2D eigenvalue weighted by Crippen LogP contribution is -2.69. The van der Waals surface area contributed by atoms with Crippen molar-refractivity contribution < 1.29 is 24.5 Å². The van der Waals surface area contributed by atoms with Crippen molar-refractivity contribution >= 4 is 5.97 Å². The number of hydrogen-bond acceptors (Lipinski definition) is 4. The van der Waals surface area contributed by atoms with Crippen LogP contribution in [0.3, 0.4) is 0 Å². The second kappa shape index (κ2) is 7.97. The molecule has 5 aliphatic carbocycles. The first kappa shape index (κ1) is 26.6. The Hall–Kier alpha value is -0.650. The fraction of sp³-hybridized carbons (Fsp3) is 0.969. The number of fused-ring (bicyclic) bond motifs is 7. The summed E-state index contributed by atoms with van der Waals surface area (Å²) in [5.41, 5.74) is 0.0773. The van der Waals surface area contributed by atoms with Crippen LogP contribution in [-0.2, 0) is 14.3 Å². The lowest BCUT2D eigenvalue weighted by molar-refractivity contribution is -0.276. The van der Waals surface area contributed by atoms with Crippen molar-refractivity contribution in [1.29, 1.82) is 0 Å². The highest BCUT2D eigenvalue weighted by Gasteiger charge is 2.75. The molecule has 0 aromatic heterocycles. The van der Waals surface area contributed by atoms with Gasteiger partial charge in [0.1, 0.15) is 0 Å². The highest BCUT2D eigenvalue weighted by Crippen LogP contribution is 2.79. The quantitative estimate of drug-likeness (QED) is 0.438. The van der Waals surface area contributed by atoms with Crippen LogP contribution in [0.4, 0.5) is 0 Å². The average Bonchev–Trinajstić information content (AvgIpc) is 3.02. The zero-order valence-corrected chi connectivity index (χ0v) is 24.4. The number of carboxylic acid groups (broad SMARTS) is 1. The predicted molar refractivity (Wildman–Crippen MR) is 143 cm³/mol. The van der Waals surface area contributed by atoms with Crippen molar-refractivity contribution in [1.82, 2.24) is 0 Å². The van der Waals surface area contributed by atoms with Crippen molar-refractivity contribution in [2.24, 2.45) is 56.2 Å². The number of carboxylic acids is 1. The van der Waals surface area contributed by atoms with E-state index in [0.717, 1.165) is 44.9 Å². The minimum absolute atomic E-state index is 0.00877. The lowest BCUT2D eigenvalue weighted by atomic mass is 9.30. The summed E-state index contributed by atoms with van der Waals surface area (Å²) in [4.78, 5) is 12.4. The first-order valence-electron chi connectivity index (χ1n) is 15.4. The molecule has 5 heteroatoms. The molecule has 2 bridgehead atoms. The van der Waals surface area contributed by atoms with Crippen LogP contribution in [-0.4, -0.2) is 41.3 Å². The zero-order valence-electron chi connectivity index (χ0n) is 24.4. The Kier molecular flexibility index (Phi) is 5.72. The summed E-state index contributed by atoms with van der Waals surface area (Å²) in [6.45, 7) is 17.2. The van der Waals surface area contributed by atoms with Gasteiger partial charge in [0.2, 0.25) is 0 Å². The largest absolute Gasteiger partial charge is 0.481 e. The van der Waals surface area contributed by atoms with Crippen LogP contribution >= 0.6 is 0 Å². The summed E-state index contributed by atoms with van der Waals surface area (Å²) in [5, 5.41) is 21.5. The van der Waals surface area contributed by atoms with Gasteiger partial charge in [0.15, 0.2) is 6.29 Å². The van der Waals surface area contributed by atoms with Gasteiger partial charge in [-0.3, -0.25) is 4.79 Å². The van der Waals surface area contributed by atoms with Gasteiger partial charge in [-0.1, -0.05) is 34.6 Å². The predicted octanol–water partition coefficient (Wildman–Crippen LogP) is 6.66. The molecular weight excluding hydrogens is 464 g/mol. The van der Waals surface area contributed by atoms with E-state index in [9.17, 15) is 15.0 Å². The van der Waals surface area contributed by atoms with E-state index in [1.165, 1.54) is 19.3 Å². The Morgan fingerprint density at radius 1 is 0.919 bits per heavy atom. The molecule has 0 aromatic carbocycles. The summed E-state index contributed by atoms with van der Waals surface area (Å²) in [5.74, 6) is 1.12. The minimum atomic E-state index is -0.605. The second-order valence-electron chi connectivity index (χ2n) is 15.9. The molecule has 37 heavy (non-hydrogen) atoms. The van der Waals surface area contributed by atoms with Gasteiger partial charge in [0, 0.05) is 12.0 Å². The summed E-state index contributed by atoms with van der Waals surface area (Å²) in [6, 6.07) is 0. The van der Waals surface area contributed by atoms with E-state index in [4.69, 9.17) is 9.47 Å². The Morgan fingerprint density at radius 3 is 2.24 bits per heavy atom. The Morgan fingerprint density at radius 2 is 1.57 bits per heavy atom. The van der Waals surface area contributed by atoms with E-state index in [0.29, 0.717) is 30.3 Å². The van der Waals surface area contributed by atoms with Gasteiger partial charge in [-0.25, -0.2) is 0 Å². The van der Waals surface area contributed by atoms with E-state index in [1.54, 1.807) is 0 Å². The Balaban J connectivity index is 1.40. The third kappa shape index (κ3) is 3.06. The molecule has 5 saturated carbocycles. The van der Waals surface area contributed by atoms with Crippen molar-refractivity contribution in [3.63, 3.8) is 0 Å². The van der Waals surface area contributed by atoms with Crippen molar-refractivity contribution in [2.75, 3.05) is 6.61 Å². The smallest absolute Gasteiger partial charge is 0.309 e. The molecule has 2 N–H and O–H groups in total. The van der Waals surface area contributed by atoms with Gasteiger partial charge in [0.25, 0.3) is 0 Å². The third-order valence-corrected chi connectivity index (χ3v) is 14.8. The number of ether oxygens (including phenoxy) is 2. The summed E-state index contributed by atoms with van der Waals surface area (Å²) in [7, 11) is 0. The molecule has 6 aliphatic rings. The molecule has 1 aliphatic heterocycles. The van der Waals surface area contributed by atoms with Crippen molar-refractivity contribution in [2.45, 2.75) is 131 Å². The highest BCUT2D eigenvalue weighted by molar-refractivity contribution is 5.74. The topological polar surface area (TPSA) is 76.0 Å². The molecule has 0 amide bonds. The van der Waals surface area contributed by atoms with E-state index in [-0.39, 0.29) is 39.5 Å². The molecule has 13 atom stereocenters. The van der Waals surface area contributed by atoms with E-state index in [2.05, 4.69) is 41.5 Å². The monoisotopic (exact) mass is 516 g/mol. The summed E-state index contributed by atoms with van der Waals surface area (Å²) >= 11 is 0. The van der Waals surface area contributed by atoms with Crippen LogP contribution in [0.2, 0.25) is 0 Å². The number of hydrogen-bond donors (Lipinski definition) is 2. The maximum atomic E-state index is 12.4. The molecule has 0 aromatic rings. The average molecular weight is 517 g/mol. The number of aliphatic hydroxyl groups excluding tert-OH is 1. The Labute approximate surface area is 224 Å². The maximum absolute atomic E-state index is 12.4. The summed E-state index contributed by atoms with van der Waals surface area (Å²) in [6.07, 6.45) is 9.86. The van der Waals surface area contributed by atoms with Crippen LogP contribution in [0.5, 0.6) is 0 Å². The molecule has 1 saturated heterocycles. The molecule has 5 nitrogen and oxygen atoms in total. The molecule has 1 heterocycles. The van der Waals surface area contributed by atoms with E-state index in [1.807, 2.05) is 6.92 Å². The molecule has 0 radical (unpaired) electrons. The normalized spacial score (nSPS) is 60.6. The fourth-order valence-corrected chi connectivity index (χ4v) is 12.3. The van der Waals surface area contributed by atoms with Gasteiger partial charge < -0.3 is 19.7 Å². The van der Waals surface area contributed by atoms with Crippen LogP contribution in [0.15, 0.2) is 0 Å². The number of aliphatic hydroxyl groups is 1. The first-order valence-corrected chi connectivity index (χ1v) is 15.4.